The van der Waals surface area contributed by atoms with Gasteiger partial charge in [0.2, 0.25) is 0 Å². The van der Waals surface area contributed by atoms with Gasteiger partial charge in [-0.15, -0.1) is 0 Å². The number of ether oxygens (including phenoxy) is 3. The molecule has 1 saturated heterocycles. The van der Waals surface area contributed by atoms with Crippen LogP contribution < -0.4 is 14.2 Å². The number of hydrogen-bond donors (Lipinski definition) is 0. The van der Waals surface area contributed by atoms with Crippen molar-refractivity contribution in [3.8, 4) is 17.2 Å². The van der Waals surface area contributed by atoms with Crippen molar-refractivity contribution in [2.24, 2.45) is 5.92 Å². The van der Waals surface area contributed by atoms with Crippen molar-refractivity contribution >= 4 is 0 Å². The van der Waals surface area contributed by atoms with Gasteiger partial charge in [0, 0.05) is 19.0 Å². The van der Waals surface area contributed by atoms with Gasteiger partial charge in [0.05, 0.1) is 13.7 Å². The molecule has 0 N–H and O–H groups in total. The Balaban J connectivity index is 1.41. The van der Waals surface area contributed by atoms with Crippen molar-refractivity contribution in [1.29, 1.82) is 0 Å². The Morgan fingerprint density at radius 1 is 0.960 bits per heavy atom. The highest BCUT2D eigenvalue weighted by molar-refractivity contribution is 5.39. The van der Waals surface area contributed by atoms with E-state index in [4.69, 9.17) is 14.2 Å². The van der Waals surface area contributed by atoms with Crippen molar-refractivity contribution in [2.75, 3.05) is 40.0 Å². The number of para-hydroxylation sites is 3. The molecule has 25 heavy (non-hydrogen) atoms. The van der Waals surface area contributed by atoms with Crippen LogP contribution in [0, 0.1) is 5.92 Å². The number of methoxy groups -OCH3 is 1. The van der Waals surface area contributed by atoms with E-state index in [-0.39, 0.29) is 0 Å². The number of piperidine rings is 1. The van der Waals surface area contributed by atoms with Crippen molar-refractivity contribution in [2.45, 2.75) is 12.8 Å². The first-order valence-corrected chi connectivity index (χ1v) is 9.01. The molecule has 2 aromatic carbocycles. The fraction of sp³-hybridized carbons (Fsp3) is 0.429. The zero-order chi connectivity index (χ0) is 17.3. The summed E-state index contributed by atoms with van der Waals surface area (Å²) < 4.78 is 17.1. The molecule has 0 bridgehead atoms. The molecule has 2 aromatic rings. The van der Waals surface area contributed by atoms with E-state index < -0.39 is 0 Å². The summed E-state index contributed by atoms with van der Waals surface area (Å²) in [7, 11) is 1.67. The molecule has 0 radical (unpaired) electrons. The van der Waals surface area contributed by atoms with E-state index in [1.165, 1.54) is 12.8 Å². The van der Waals surface area contributed by atoms with Crippen molar-refractivity contribution in [3.63, 3.8) is 0 Å². The van der Waals surface area contributed by atoms with Gasteiger partial charge in [-0.2, -0.15) is 0 Å². The Kier molecular flexibility index (Phi) is 6.57. The summed E-state index contributed by atoms with van der Waals surface area (Å²) in [5.74, 6) is 3.14. The SMILES string of the molecule is COc1ccccc1OCCN1CCCC(COc2ccccc2)C1. The van der Waals surface area contributed by atoms with Crippen molar-refractivity contribution in [1.82, 2.24) is 4.90 Å². The molecule has 3 rings (SSSR count). The molecule has 0 aromatic heterocycles. The lowest BCUT2D eigenvalue weighted by atomic mass is 9.99. The Morgan fingerprint density at radius 3 is 2.52 bits per heavy atom. The quantitative estimate of drug-likeness (QED) is 0.729. The molecule has 4 heteroatoms. The molecule has 1 fully saturated rings. The summed E-state index contributed by atoms with van der Waals surface area (Å²) in [6.07, 6.45) is 2.45. The van der Waals surface area contributed by atoms with Crippen molar-refractivity contribution in [3.05, 3.63) is 54.6 Å². The first-order valence-electron chi connectivity index (χ1n) is 9.01. The lowest BCUT2D eigenvalue weighted by Crippen LogP contribution is -2.39. The van der Waals surface area contributed by atoms with Crippen LogP contribution in [0.25, 0.3) is 0 Å². The van der Waals surface area contributed by atoms with Gasteiger partial charge < -0.3 is 14.2 Å². The van der Waals surface area contributed by atoms with Crippen LogP contribution in [0.3, 0.4) is 0 Å². The van der Waals surface area contributed by atoms with E-state index in [0.29, 0.717) is 12.5 Å². The Morgan fingerprint density at radius 2 is 1.72 bits per heavy atom. The summed E-state index contributed by atoms with van der Waals surface area (Å²) in [6.45, 7) is 4.60. The van der Waals surface area contributed by atoms with E-state index in [0.717, 1.165) is 43.5 Å². The van der Waals surface area contributed by atoms with Crippen LogP contribution in [0.4, 0.5) is 0 Å². The second kappa shape index (κ2) is 9.33. The molecule has 0 amide bonds. The van der Waals surface area contributed by atoms with Crippen LogP contribution in [0.15, 0.2) is 54.6 Å². The van der Waals surface area contributed by atoms with Gasteiger partial charge >= 0.3 is 0 Å². The van der Waals surface area contributed by atoms with E-state index in [2.05, 4.69) is 4.90 Å². The second-order valence-electron chi connectivity index (χ2n) is 6.43. The Bertz CT molecular complexity index is 632. The van der Waals surface area contributed by atoms with Crippen LogP contribution in [0.1, 0.15) is 12.8 Å². The molecule has 0 spiro atoms. The van der Waals surface area contributed by atoms with Gasteiger partial charge in [-0.25, -0.2) is 0 Å². The molecule has 4 nitrogen and oxygen atoms in total. The molecule has 1 atom stereocenters. The molecular weight excluding hydrogens is 314 g/mol. The second-order valence-corrected chi connectivity index (χ2v) is 6.43. The van der Waals surface area contributed by atoms with Crippen LogP contribution in [-0.2, 0) is 0 Å². The maximum Gasteiger partial charge on any atom is 0.161 e. The third-order valence-corrected chi connectivity index (χ3v) is 4.57. The zero-order valence-electron chi connectivity index (χ0n) is 14.9. The molecular formula is C21H27NO3. The van der Waals surface area contributed by atoms with Gasteiger partial charge in [-0.05, 0) is 43.7 Å². The standard InChI is InChI=1S/C21H27NO3/c1-23-20-11-5-6-12-21(20)24-15-14-22-13-7-8-18(16-22)17-25-19-9-3-2-4-10-19/h2-6,9-12,18H,7-8,13-17H2,1H3. The van der Waals surface area contributed by atoms with Crippen LogP contribution >= 0.6 is 0 Å². The van der Waals surface area contributed by atoms with Gasteiger partial charge in [-0.3, -0.25) is 4.90 Å². The minimum Gasteiger partial charge on any atom is -0.493 e. The molecule has 0 saturated carbocycles. The maximum absolute atomic E-state index is 5.92. The van der Waals surface area contributed by atoms with E-state index >= 15 is 0 Å². The number of rotatable bonds is 8. The smallest absolute Gasteiger partial charge is 0.161 e. The summed E-state index contributed by atoms with van der Waals surface area (Å²) in [4.78, 5) is 2.47. The molecule has 1 aliphatic rings. The minimum atomic E-state index is 0.584. The third-order valence-electron chi connectivity index (χ3n) is 4.57. The predicted octanol–water partition coefficient (Wildman–Crippen LogP) is 3.87. The van der Waals surface area contributed by atoms with E-state index in [9.17, 15) is 0 Å². The Labute approximate surface area is 150 Å². The Hall–Kier alpha value is -2.20. The minimum absolute atomic E-state index is 0.584. The zero-order valence-corrected chi connectivity index (χ0v) is 14.9. The number of nitrogens with zero attached hydrogens (tertiary/aromatic N) is 1. The van der Waals surface area contributed by atoms with Crippen LogP contribution in [0.2, 0.25) is 0 Å². The fourth-order valence-electron chi connectivity index (χ4n) is 3.24. The van der Waals surface area contributed by atoms with Gasteiger partial charge in [-0.1, -0.05) is 30.3 Å². The lowest BCUT2D eigenvalue weighted by Gasteiger charge is -2.32. The first kappa shape index (κ1) is 17.6. The monoisotopic (exact) mass is 341 g/mol. The molecule has 134 valence electrons. The van der Waals surface area contributed by atoms with Gasteiger partial charge in [0.15, 0.2) is 11.5 Å². The van der Waals surface area contributed by atoms with Crippen molar-refractivity contribution < 1.29 is 14.2 Å². The van der Waals surface area contributed by atoms with Gasteiger partial charge in [0.25, 0.3) is 0 Å². The molecule has 1 unspecified atom stereocenters. The summed E-state index contributed by atoms with van der Waals surface area (Å²) >= 11 is 0. The maximum atomic E-state index is 5.92. The molecule has 0 aliphatic carbocycles. The van der Waals surface area contributed by atoms with Crippen LogP contribution in [-0.4, -0.2) is 44.9 Å². The summed E-state index contributed by atoms with van der Waals surface area (Å²) in [5, 5.41) is 0. The number of hydrogen-bond acceptors (Lipinski definition) is 4. The van der Waals surface area contributed by atoms with Crippen LogP contribution in [0.5, 0.6) is 17.2 Å². The summed E-state index contributed by atoms with van der Waals surface area (Å²) in [6, 6.07) is 17.9. The summed E-state index contributed by atoms with van der Waals surface area (Å²) in [5.41, 5.74) is 0. The highest BCUT2D eigenvalue weighted by atomic mass is 16.5. The molecule has 1 aliphatic heterocycles. The topological polar surface area (TPSA) is 30.9 Å². The highest BCUT2D eigenvalue weighted by Crippen LogP contribution is 2.26. The van der Waals surface area contributed by atoms with E-state index in [1.807, 2.05) is 54.6 Å². The average Bonchev–Trinajstić information content (AvgIpc) is 2.68. The first-order chi connectivity index (χ1) is 12.3. The highest BCUT2D eigenvalue weighted by Gasteiger charge is 2.20. The number of benzene rings is 2. The molecule has 1 heterocycles. The average molecular weight is 341 g/mol. The third kappa shape index (κ3) is 5.40. The fourth-order valence-corrected chi connectivity index (χ4v) is 3.24. The normalized spacial score (nSPS) is 17.9. The largest absolute Gasteiger partial charge is 0.493 e. The lowest BCUT2D eigenvalue weighted by molar-refractivity contribution is 0.114. The van der Waals surface area contributed by atoms with E-state index in [1.54, 1.807) is 7.11 Å². The number of likely N-dealkylation sites (tertiary alicyclic amines) is 1. The van der Waals surface area contributed by atoms with Gasteiger partial charge in [0.1, 0.15) is 12.4 Å². The predicted molar refractivity (Wildman–Crippen MR) is 99.6 cm³/mol.